The van der Waals surface area contributed by atoms with Crippen LogP contribution in [0, 0.1) is 0 Å². The van der Waals surface area contributed by atoms with Gasteiger partial charge in [0.15, 0.2) is 11.5 Å². The number of hydrogen-bond donors (Lipinski definition) is 3. The lowest BCUT2D eigenvalue weighted by Crippen LogP contribution is -2.12. The first kappa shape index (κ1) is 14.5. The summed E-state index contributed by atoms with van der Waals surface area (Å²) in [5.74, 6) is 1.79. The molecule has 5 rings (SSSR count). The number of ether oxygens (including phenoxy) is 2. The van der Waals surface area contributed by atoms with Gasteiger partial charge in [-0.2, -0.15) is 5.10 Å². The Kier molecular flexibility index (Phi) is 3.14. The smallest absolute Gasteiger partial charge is 0.257 e. The van der Waals surface area contributed by atoms with E-state index in [-0.39, 0.29) is 12.4 Å². The molecule has 3 N–H and O–H groups in total. The van der Waals surface area contributed by atoms with E-state index in [2.05, 4.69) is 25.5 Å². The van der Waals surface area contributed by atoms with Crippen LogP contribution in [-0.4, -0.2) is 28.0 Å². The Hall–Kier alpha value is -3.81. The largest absolute Gasteiger partial charge is 0.454 e. The summed E-state index contributed by atoms with van der Waals surface area (Å²) in [5.41, 5.74) is 5.40. The van der Waals surface area contributed by atoms with E-state index < -0.39 is 0 Å². The summed E-state index contributed by atoms with van der Waals surface area (Å²) >= 11 is 0. The Bertz CT molecular complexity index is 1190. The molecule has 0 radical (unpaired) electrons. The summed E-state index contributed by atoms with van der Waals surface area (Å²) in [4.78, 5) is 22.5. The van der Waals surface area contributed by atoms with Gasteiger partial charge in [0.05, 0.1) is 28.3 Å². The Labute approximate surface area is 146 Å². The van der Waals surface area contributed by atoms with E-state index in [9.17, 15) is 4.79 Å². The molecule has 3 heterocycles. The molecule has 1 aliphatic rings. The summed E-state index contributed by atoms with van der Waals surface area (Å²) in [6.07, 6.45) is 1.45. The van der Waals surface area contributed by atoms with E-state index in [0.717, 1.165) is 16.4 Å². The number of benzene rings is 2. The number of para-hydroxylation sites is 2. The van der Waals surface area contributed by atoms with E-state index in [1.54, 1.807) is 12.1 Å². The van der Waals surface area contributed by atoms with Crippen LogP contribution in [0.25, 0.3) is 21.9 Å². The summed E-state index contributed by atoms with van der Waals surface area (Å²) in [6.45, 7) is 0.186. The number of aromatic nitrogens is 3. The molecule has 2 aromatic carbocycles. The fourth-order valence-electron chi connectivity index (χ4n) is 2.88. The van der Waals surface area contributed by atoms with Crippen LogP contribution in [0.3, 0.4) is 0 Å². The van der Waals surface area contributed by atoms with Crippen LogP contribution in [0.4, 0.5) is 5.95 Å². The second kappa shape index (κ2) is 5.62. The average Bonchev–Trinajstić information content (AvgIpc) is 3.26. The molecule has 8 heteroatoms. The number of nitrogens with zero attached hydrogens (tertiary/aromatic N) is 2. The molecule has 26 heavy (non-hydrogen) atoms. The van der Waals surface area contributed by atoms with Crippen LogP contribution in [0.2, 0.25) is 0 Å². The van der Waals surface area contributed by atoms with Crippen molar-refractivity contribution in [3.05, 3.63) is 58.4 Å². The quantitative estimate of drug-likeness (QED) is 0.390. The standard InChI is InChI=1S/C18H13N5O3/c24-17-11(5-10-6-15-16(26-9-25-15)7-14(10)20-17)8-19-23-18-21-12-3-1-2-4-13(12)22-18/h1-8H,9H2,(H,20,24)(H2,21,22,23). The molecule has 4 aromatic rings. The van der Waals surface area contributed by atoms with Crippen molar-refractivity contribution < 1.29 is 9.47 Å². The zero-order valence-electron chi connectivity index (χ0n) is 13.4. The molecule has 0 saturated heterocycles. The molecule has 0 atom stereocenters. The molecular weight excluding hydrogens is 334 g/mol. The highest BCUT2D eigenvalue weighted by Gasteiger charge is 2.15. The minimum Gasteiger partial charge on any atom is -0.454 e. The maximum atomic E-state index is 12.2. The first-order chi connectivity index (χ1) is 12.8. The maximum Gasteiger partial charge on any atom is 0.257 e. The number of rotatable bonds is 3. The van der Waals surface area contributed by atoms with Crippen LogP contribution < -0.4 is 20.5 Å². The monoisotopic (exact) mass is 347 g/mol. The lowest BCUT2D eigenvalue weighted by atomic mass is 10.1. The topological polar surface area (TPSA) is 104 Å². The third kappa shape index (κ3) is 2.44. The van der Waals surface area contributed by atoms with Gasteiger partial charge in [0.25, 0.3) is 5.56 Å². The number of fused-ring (bicyclic) bond motifs is 3. The zero-order chi connectivity index (χ0) is 17.5. The van der Waals surface area contributed by atoms with Crippen molar-refractivity contribution in [2.24, 2.45) is 5.10 Å². The van der Waals surface area contributed by atoms with Crippen molar-refractivity contribution >= 4 is 34.1 Å². The van der Waals surface area contributed by atoms with Crippen LogP contribution in [0.5, 0.6) is 11.5 Å². The molecule has 1 aliphatic heterocycles. The number of hydrogen-bond acceptors (Lipinski definition) is 6. The minimum atomic E-state index is -0.244. The van der Waals surface area contributed by atoms with E-state index in [4.69, 9.17) is 9.47 Å². The first-order valence-electron chi connectivity index (χ1n) is 7.97. The molecule has 0 amide bonds. The SMILES string of the molecule is O=c1[nH]c2cc3c(cc2cc1C=NNc1nc2ccccc2[nH]1)OCO3. The van der Waals surface area contributed by atoms with E-state index >= 15 is 0 Å². The van der Waals surface area contributed by atoms with Crippen LogP contribution in [-0.2, 0) is 0 Å². The second-order valence-electron chi connectivity index (χ2n) is 5.82. The molecule has 0 unspecified atom stereocenters. The van der Waals surface area contributed by atoms with Gasteiger partial charge in [-0.15, -0.1) is 0 Å². The van der Waals surface area contributed by atoms with Gasteiger partial charge in [0.2, 0.25) is 12.7 Å². The van der Waals surface area contributed by atoms with Crippen LogP contribution in [0.1, 0.15) is 5.56 Å². The molecule has 8 nitrogen and oxygen atoms in total. The molecule has 0 bridgehead atoms. The molecule has 128 valence electrons. The summed E-state index contributed by atoms with van der Waals surface area (Å²) in [5, 5.41) is 4.93. The summed E-state index contributed by atoms with van der Waals surface area (Å²) in [7, 11) is 0. The van der Waals surface area contributed by atoms with E-state index in [0.29, 0.717) is 28.5 Å². The fourth-order valence-corrected chi connectivity index (χ4v) is 2.88. The number of hydrazone groups is 1. The highest BCUT2D eigenvalue weighted by atomic mass is 16.7. The van der Waals surface area contributed by atoms with Gasteiger partial charge in [0, 0.05) is 11.5 Å². The summed E-state index contributed by atoms with van der Waals surface area (Å²) in [6, 6.07) is 13.0. The van der Waals surface area contributed by atoms with Gasteiger partial charge in [-0.1, -0.05) is 12.1 Å². The normalized spacial score (nSPS) is 13.1. The second-order valence-corrected chi connectivity index (χ2v) is 5.82. The van der Waals surface area contributed by atoms with Crippen LogP contribution >= 0.6 is 0 Å². The van der Waals surface area contributed by atoms with Crippen molar-refractivity contribution in [1.82, 2.24) is 15.0 Å². The Morgan fingerprint density at radius 3 is 2.81 bits per heavy atom. The highest BCUT2D eigenvalue weighted by Crippen LogP contribution is 2.35. The zero-order valence-corrected chi connectivity index (χ0v) is 13.4. The Morgan fingerprint density at radius 1 is 1.08 bits per heavy atom. The van der Waals surface area contributed by atoms with Crippen molar-refractivity contribution in [2.75, 3.05) is 12.2 Å². The molecule has 2 aromatic heterocycles. The van der Waals surface area contributed by atoms with Gasteiger partial charge in [-0.3, -0.25) is 4.79 Å². The third-order valence-corrected chi connectivity index (χ3v) is 4.13. The number of aromatic amines is 2. The third-order valence-electron chi connectivity index (χ3n) is 4.13. The maximum absolute atomic E-state index is 12.2. The Morgan fingerprint density at radius 2 is 1.92 bits per heavy atom. The minimum absolute atomic E-state index is 0.186. The number of H-pyrrole nitrogens is 2. The lowest BCUT2D eigenvalue weighted by Gasteiger charge is -2.02. The van der Waals surface area contributed by atoms with E-state index in [1.807, 2.05) is 30.3 Å². The predicted molar refractivity (Wildman–Crippen MR) is 98.0 cm³/mol. The van der Waals surface area contributed by atoms with Gasteiger partial charge < -0.3 is 19.4 Å². The molecule has 0 fully saturated rings. The number of nitrogens with one attached hydrogen (secondary N) is 3. The molecule has 0 spiro atoms. The van der Waals surface area contributed by atoms with Crippen molar-refractivity contribution in [3.63, 3.8) is 0 Å². The number of imidazole rings is 1. The Balaban J connectivity index is 1.44. The number of pyridine rings is 1. The summed E-state index contributed by atoms with van der Waals surface area (Å²) < 4.78 is 10.7. The lowest BCUT2D eigenvalue weighted by molar-refractivity contribution is 0.174. The van der Waals surface area contributed by atoms with Crippen molar-refractivity contribution in [1.29, 1.82) is 0 Å². The van der Waals surface area contributed by atoms with Gasteiger partial charge in [-0.25, -0.2) is 10.4 Å². The molecular formula is C18H13N5O3. The van der Waals surface area contributed by atoms with Gasteiger partial charge >= 0.3 is 0 Å². The first-order valence-corrected chi connectivity index (χ1v) is 7.97. The van der Waals surface area contributed by atoms with Gasteiger partial charge in [-0.05, 0) is 24.3 Å². The van der Waals surface area contributed by atoms with Gasteiger partial charge in [0.1, 0.15) is 0 Å². The number of anilines is 1. The average molecular weight is 347 g/mol. The van der Waals surface area contributed by atoms with Crippen molar-refractivity contribution in [3.8, 4) is 11.5 Å². The van der Waals surface area contributed by atoms with E-state index in [1.165, 1.54) is 6.21 Å². The highest BCUT2D eigenvalue weighted by molar-refractivity contribution is 5.89. The fraction of sp³-hybridized carbons (Fsp3) is 0.0556. The van der Waals surface area contributed by atoms with Crippen LogP contribution in [0.15, 0.2) is 52.4 Å². The molecule has 0 aliphatic carbocycles. The van der Waals surface area contributed by atoms with Crippen molar-refractivity contribution in [2.45, 2.75) is 0 Å². The molecule has 0 saturated carbocycles. The predicted octanol–water partition coefficient (Wildman–Crippen LogP) is 2.58.